The highest BCUT2D eigenvalue weighted by Crippen LogP contribution is 2.28. The number of hydrogen-bond donors (Lipinski definition) is 1. The van der Waals surface area contributed by atoms with Gasteiger partial charge in [0, 0.05) is 13.1 Å². The van der Waals surface area contributed by atoms with Crippen LogP contribution in [0, 0.1) is 0 Å². The summed E-state index contributed by atoms with van der Waals surface area (Å²) < 4.78 is 0. The molecule has 1 heterocycles. The monoisotopic (exact) mass is 288 g/mol. The lowest BCUT2D eigenvalue weighted by atomic mass is 9.90. The molecule has 0 aliphatic carbocycles. The Kier molecular flexibility index (Phi) is 5.80. The van der Waals surface area contributed by atoms with E-state index in [1.54, 1.807) is 0 Å². The Morgan fingerprint density at radius 1 is 1.24 bits per heavy atom. The van der Waals surface area contributed by atoms with Crippen LogP contribution in [0.2, 0.25) is 0 Å². The van der Waals surface area contributed by atoms with Gasteiger partial charge in [-0.1, -0.05) is 50.6 Å². The van der Waals surface area contributed by atoms with E-state index >= 15 is 0 Å². The van der Waals surface area contributed by atoms with E-state index in [2.05, 4.69) is 31.3 Å². The zero-order chi connectivity index (χ0) is 15.1. The van der Waals surface area contributed by atoms with Gasteiger partial charge in [0.05, 0.1) is 5.54 Å². The van der Waals surface area contributed by atoms with Gasteiger partial charge in [0.15, 0.2) is 0 Å². The normalized spacial score (nSPS) is 21.4. The molecule has 3 nitrogen and oxygen atoms in total. The first kappa shape index (κ1) is 16.0. The van der Waals surface area contributed by atoms with E-state index in [-0.39, 0.29) is 5.54 Å². The molecule has 0 radical (unpaired) electrons. The number of amides is 1. The molecule has 1 aromatic rings. The van der Waals surface area contributed by atoms with Crippen LogP contribution in [0.4, 0.5) is 0 Å². The number of hydrogen-bond acceptors (Lipinski definition) is 2. The zero-order valence-electron chi connectivity index (χ0n) is 13.4. The Morgan fingerprint density at radius 2 is 2.00 bits per heavy atom. The summed E-state index contributed by atoms with van der Waals surface area (Å²) in [6.45, 7) is 6.83. The Balaban J connectivity index is 2.14. The first-order valence-electron chi connectivity index (χ1n) is 8.30. The minimum Gasteiger partial charge on any atom is -0.337 e. The summed E-state index contributed by atoms with van der Waals surface area (Å²) in [5.74, 6) is 0.299. The second-order valence-corrected chi connectivity index (χ2v) is 6.07. The molecule has 1 aliphatic rings. The van der Waals surface area contributed by atoms with E-state index in [9.17, 15) is 4.79 Å². The van der Waals surface area contributed by atoms with Gasteiger partial charge >= 0.3 is 0 Å². The van der Waals surface area contributed by atoms with Crippen molar-refractivity contribution in [1.82, 2.24) is 10.2 Å². The van der Waals surface area contributed by atoms with Crippen molar-refractivity contribution < 1.29 is 4.79 Å². The van der Waals surface area contributed by atoms with Gasteiger partial charge in [-0.15, -0.1) is 0 Å². The molecule has 21 heavy (non-hydrogen) atoms. The van der Waals surface area contributed by atoms with Crippen LogP contribution in [0.3, 0.4) is 0 Å². The predicted octanol–water partition coefficient (Wildman–Crippen LogP) is 3.35. The van der Waals surface area contributed by atoms with Crippen LogP contribution in [-0.4, -0.2) is 29.4 Å². The summed E-state index contributed by atoms with van der Waals surface area (Å²) in [6, 6.07) is 10.3. The third-order valence-electron chi connectivity index (χ3n) is 4.33. The van der Waals surface area contributed by atoms with Gasteiger partial charge in [-0.25, -0.2) is 0 Å². The fourth-order valence-corrected chi connectivity index (χ4v) is 3.36. The molecule has 0 aromatic heterocycles. The van der Waals surface area contributed by atoms with Crippen molar-refractivity contribution in [3.63, 3.8) is 0 Å². The van der Waals surface area contributed by atoms with Crippen LogP contribution in [0.5, 0.6) is 0 Å². The SMILES string of the molecule is CCCN(Cc1ccccc1)C(=O)C1(CCC)CCCN1. The second kappa shape index (κ2) is 7.60. The van der Waals surface area contributed by atoms with E-state index in [1.807, 2.05) is 23.1 Å². The number of nitrogens with zero attached hydrogens (tertiary/aromatic N) is 1. The van der Waals surface area contributed by atoms with Crippen molar-refractivity contribution in [3.05, 3.63) is 35.9 Å². The number of nitrogens with one attached hydrogen (secondary N) is 1. The topological polar surface area (TPSA) is 32.3 Å². The van der Waals surface area contributed by atoms with Crippen molar-refractivity contribution in [2.75, 3.05) is 13.1 Å². The van der Waals surface area contributed by atoms with Gasteiger partial charge in [-0.05, 0) is 37.8 Å². The van der Waals surface area contributed by atoms with E-state index < -0.39 is 0 Å². The quantitative estimate of drug-likeness (QED) is 0.834. The summed E-state index contributed by atoms with van der Waals surface area (Å²) in [5.41, 5.74) is 0.905. The molecule has 0 saturated carbocycles. The Hall–Kier alpha value is -1.35. The predicted molar refractivity (Wildman–Crippen MR) is 87.0 cm³/mol. The molecule has 1 aromatic carbocycles. The molecule has 1 saturated heterocycles. The van der Waals surface area contributed by atoms with Crippen LogP contribution >= 0.6 is 0 Å². The molecule has 1 amide bonds. The fourth-order valence-electron chi connectivity index (χ4n) is 3.36. The van der Waals surface area contributed by atoms with E-state index in [1.165, 1.54) is 5.56 Å². The fraction of sp³-hybridized carbons (Fsp3) is 0.611. The van der Waals surface area contributed by atoms with Crippen molar-refractivity contribution in [2.45, 2.75) is 58.0 Å². The Bertz CT molecular complexity index is 438. The maximum atomic E-state index is 13.1. The molecule has 1 N–H and O–H groups in total. The van der Waals surface area contributed by atoms with E-state index in [0.29, 0.717) is 5.91 Å². The summed E-state index contributed by atoms with van der Waals surface area (Å²) in [6.07, 6.45) is 5.08. The van der Waals surface area contributed by atoms with Gasteiger partial charge in [0.25, 0.3) is 0 Å². The molecule has 2 rings (SSSR count). The molecular weight excluding hydrogens is 260 g/mol. The third kappa shape index (κ3) is 3.85. The average molecular weight is 288 g/mol. The Labute approximate surface area is 128 Å². The van der Waals surface area contributed by atoms with Crippen molar-refractivity contribution >= 4 is 5.91 Å². The first-order valence-corrected chi connectivity index (χ1v) is 8.30. The molecule has 116 valence electrons. The number of rotatable bonds is 7. The Morgan fingerprint density at radius 3 is 2.57 bits per heavy atom. The van der Waals surface area contributed by atoms with Gasteiger partial charge in [0.2, 0.25) is 5.91 Å². The summed E-state index contributed by atoms with van der Waals surface area (Å²) in [4.78, 5) is 15.2. The van der Waals surface area contributed by atoms with Crippen LogP contribution in [-0.2, 0) is 11.3 Å². The summed E-state index contributed by atoms with van der Waals surface area (Å²) in [7, 11) is 0. The lowest BCUT2D eigenvalue weighted by Crippen LogP contribution is -2.54. The van der Waals surface area contributed by atoms with Crippen molar-refractivity contribution in [2.24, 2.45) is 0 Å². The molecule has 1 unspecified atom stereocenters. The highest BCUT2D eigenvalue weighted by atomic mass is 16.2. The molecule has 3 heteroatoms. The highest BCUT2D eigenvalue weighted by molar-refractivity contribution is 5.86. The standard InChI is InChI=1S/C18H28N2O/c1-3-11-18(12-8-13-19-18)17(21)20(14-4-2)15-16-9-6-5-7-10-16/h5-7,9-10,19H,3-4,8,11-15H2,1-2H3. The molecule has 0 bridgehead atoms. The first-order chi connectivity index (χ1) is 10.2. The van der Waals surface area contributed by atoms with Gasteiger partial charge in [0.1, 0.15) is 0 Å². The molecule has 0 spiro atoms. The van der Waals surface area contributed by atoms with Crippen molar-refractivity contribution in [1.29, 1.82) is 0 Å². The van der Waals surface area contributed by atoms with E-state index in [0.717, 1.165) is 51.7 Å². The third-order valence-corrected chi connectivity index (χ3v) is 4.33. The van der Waals surface area contributed by atoms with Crippen LogP contribution < -0.4 is 5.32 Å². The lowest BCUT2D eigenvalue weighted by Gasteiger charge is -2.34. The largest absolute Gasteiger partial charge is 0.337 e. The van der Waals surface area contributed by atoms with Crippen LogP contribution in [0.15, 0.2) is 30.3 Å². The molecule has 1 atom stereocenters. The number of benzene rings is 1. The zero-order valence-corrected chi connectivity index (χ0v) is 13.4. The van der Waals surface area contributed by atoms with Gasteiger partial charge < -0.3 is 10.2 Å². The summed E-state index contributed by atoms with van der Waals surface area (Å²) >= 11 is 0. The minimum absolute atomic E-state index is 0.299. The van der Waals surface area contributed by atoms with Crippen molar-refractivity contribution in [3.8, 4) is 0 Å². The van der Waals surface area contributed by atoms with Gasteiger partial charge in [-0.3, -0.25) is 4.79 Å². The number of carbonyl (C=O) groups is 1. The lowest BCUT2D eigenvalue weighted by molar-refractivity contribution is -0.139. The van der Waals surface area contributed by atoms with Crippen LogP contribution in [0.25, 0.3) is 0 Å². The summed E-state index contributed by atoms with van der Waals surface area (Å²) in [5, 5.41) is 3.50. The maximum Gasteiger partial charge on any atom is 0.243 e. The molecular formula is C18H28N2O. The smallest absolute Gasteiger partial charge is 0.243 e. The second-order valence-electron chi connectivity index (χ2n) is 6.07. The maximum absolute atomic E-state index is 13.1. The average Bonchev–Trinajstić information content (AvgIpc) is 2.97. The molecule has 1 fully saturated rings. The molecule has 1 aliphatic heterocycles. The number of carbonyl (C=O) groups excluding carboxylic acids is 1. The van der Waals surface area contributed by atoms with Gasteiger partial charge in [-0.2, -0.15) is 0 Å². The highest BCUT2D eigenvalue weighted by Gasteiger charge is 2.42. The van der Waals surface area contributed by atoms with E-state index in [4.69, 9.17) is 0 Å². The van der Waals surface area contributed by atoms with Crippen LogP contribution in [0.1, 0.15) is 51.5 Å². The minimum atomic E-state index is -0.307.